The van der Waals surface area contributed by atoms with Crippen LogP contribution in [-0.2, 0) is 17.8 Å². The van der Waals surface area contributed by atoms with Gasteiger partial charge >= 0.3 is 0 Å². The van der Waals surface area contributed by atoms with Crippen LogP contribution >= 0.6 is 0 Å². The number of nitrogens with zero attached hydrogens (tertiary/aromatic N) is 4. The summed E-state index contributed by atoms with van der Waals surface area (Å²) in [7, 11) is 0. The van der Waals surface area contributed by atoms with E-state index in [1.54, 1.807) is 0 Å². The van der Waals surface area contributed by atoms with Gasteiger partial charge in [-0.3, -0.25) is 4.79 Å². The predicted octanol–water partition coefficient (Wildman–Crippen LogP) is 2.41. The van der Waals surface area contributed by atoms with Crippen molar-refractivity contribution in [2.45, 2.75) is 45.1 Å². The molecule has 1 saturated heterocycles. The quantitative estimate of drug-likeness (QED) is 0.781. The van der Waals surface area contributed by atoms with Crippen LogP contribution in [0.2, 0.25) is 0 Å². The number of hydrogen-bond donors (Lipinski definition) is 0. The molecule has 0 saturated carbocycles. The molecule has 3 heterocycles. The van der Waals surface area contributed by atoms with Gasteiger partial charge in [-0.05, 0) is 38.3 Å². The third kappa shape index (κ3) is 3.77. The van der Waals surface area contributed by atoms with E-state index in [0.29, 0.717) is 24.0 Å². The van der Waals surface area contributed by atoms with Gasteiger partial charge in [-0.25, -0.2) is 0 Å². The summed E-state index contributed by atoms with van der Waals surface area (Å²) >= 11 is 0. The number of carbonyl (C=O) groups is 1. The average molecular weight is 370 g/mol. The zero-order valence-corrected chi connectivity index (χ0v) is 15.8. The molecule has 7 nitrogen and oxygen atoms in total. The Hall–Kier alpha value is -2.57. The summed E-state index contributed by atoms with van der Waals surface area (Å²) in [5.74, 6) is 3.93. The van der Waals surface area contributed by atoms with Gasteiger partial charge in [0.2, 0.25) is 0 Å². The lowest BCUT2D eigenvalue weighted by atomic mass is 9.96. The molecule has 0 unspecified atom stereocenters. The van der Waals surface area contributed by atoms with E-state index in [9.17, 15) is 4.79 Å². The molecule has 4 rings (SSSR count). The maximum atomic E-state index is 12.5. The number of aryl methyl sites for hydroxylation is 1. The first-order valence-corrected chi connectivity index (χ1v) is 9.80. The fraction of sp³-hybridized carbons (Fsp3) is 0.550. The normalized spacial score (nSPS) is 17.0. The Morgan fingerprint density at radius 1 is 1.11 bits per heavy atom. The van der Waals surface area contributed by atoms with Crippen LogP contribution in [0.4, 0.5) is 0 Å². The fourth-order valence-corrected chi connectivity index (χ4v) is 3.94. The molecule has 2 aliphatic rings. The molecule has 0 bridgehead atoms. The van der Waals surface area contributed by atoms with Crippen molar-refractivity contribution in [3.63, 3.8) is 0 Å². The lowest BCUT2D eigenvalue weighted by Crippen LogP contribution is -2.40. The first kappa shape index (κ1) is 17.8. The van der Waals surface area contributed by atoms with Crippen LogP contribution in [0.15, 0.2) is 24.3 Å². The largest absolute Gasteiger partial charge is 0.490 e. The highest BCUT2D eigenvalue weighted by Gasteiger charge is 2.29. The molecule has 7 heteroatoms. The first-order valence-electron chi connectivity index (χ1n) is 9.80. The molecular formula is C20H26N4O3. The molecular weight excluding hydrogens is 344 g/mol. The second-order valence-electron chi connectivity index (χ2n) is 7.05. The number of benzene rings is 1. The van der Waals surface area contributed by atoms with E-state index in [0.717, 1.165) is 57.0 Å². The minimum absolute atomic E-state index is 0.0197. The summed E-state index contributed by atoms with van der Waals surface area (Å²) in [5.41, 5.74) is 0. The SMILES string of the molecule is CCOc1ccccc1OCC(=O)N1CCC(c2nnc3n2CCC3)CC1. The standard InChI is InChI=1S/C20H26N4O3/c1-2-26-16-6-3-4-7-17(16)27-14-19(25)23-12-9-15(10-13-23)20-22-21-18-8-5-11-24(18)20/h3-4,6-7,15H,2,5,8-14H2,1H3. The highest BCUT2D eigenvalue weighted by atomic mass is 16.5. The third-order valence-electron chi connectivity index (χ3n) is 5.35. The molecule has 0 aliphatic carbocycles. The van der Waals surface area contributed by atoms with Crippen LogP contribution in [0, 0.1) is 0 Å². The van der Waals surface area contributed by atoms with Gasteiger partial charge in [-0.15, -0.1) is 10.2 Å². The zero-order chi connectivity index (χ0) is 18.6. The third-order valence-corrected chi connectivity index (χ3v) is 5.35. The number of likely N-dealkylation sites (tertiary alicyclic amines) is 1. The van der Waals surface area contributed by atoms with Gasteiger partial charge in [0.15, 0.2) is 18.1 Å². The molecule has 1 aromatic heterocycles. The Kier molecular flexibility index (Phi) is 5.27. The van der Waals surface area contributed by atoms with E-state index in [1.165, 1.54) is 0 Å². The fourth-order valence-electron chi connectivity index (χ4n) is 3.94. The van der Waals surface area contributed by atoms with Crippen LogP contribution in [0.1, 0.15) is 43.8 Å². The van der Waals surface area contributed by atoms with E-state index in [2.05, 4.69) is 14.8 Å². The summed E-state index contributed by atoms with van der Waals surface area (Å²) in [4.78, 5) is 14.4. The minimum Gasteiger partial charge on any atom is -0.490 e. The van der Waals surface area contributed by atoms with Crippen LogP contribution in [0.5, 0.6) is 11.5 Å². The maximum absolute atomic E-state index is 12.5. The Labute approximate surface area is 159 Å². The van der Waals surface area contributed by atoms with Gasteiger partial charge in [0.25, 0.3) is 5.91 Å². The van der Waals surface area contributed by atoms with Gasteiger partial charge in [0.1, 0.15) is 11.6 Å². The summed E-state index contributed by atoms with van der Waals surface area (Å²) in [6, 6.07) is 7.46. The number of hydrogen-bond acceptors (Lipinski definition) is 5. The highest BCUT2D eigenvalue weighted by Crippen LogP contribution is 2.30. The van der Waals surface area contributed by atoms with E-state index >= 15 is 0 Å². The molecule has 144 valence electrons. The summed E-state index contributed by atoms with van der Waals surface area (Å²) in [6.07, 6.45) is 4.06. The van der Waals surface area contributed by atoms with E-state index < -0.39 is 0 Å². The summed E-state index contributed by atoms with van der Waals surface area (Å²) < 4.78 is 13.5. The van der Waals surface area contributed by atoms with Crippen molar-refractivity contribution < 1.29 is 14.3 Å². The zero-order valence-electron chi connectivity index (χ0n) is 15.8. The van der Waals surface area contributed by atoms with Crippen LogP contribution < -0.4 is 9.47 Å². The van der Waals surface area contributed by atoms with Gasteiger partial charge < -0.3 is 18.9 Å². The van der Waals surface area contributed by atoms with Crippen molar-refractivity contribution in [1.29, 1.82) is 0 Å². The van der Waals surface area contributed by atoms with Crippen molar-refractivity contribution in [1.82, 2.24) is 19.7 Å². The average Bonchev–Trinajstić information content (AvgIpc) is 3.31. The number of piperidine rings is 1. The van der Waals surface area contributed by atoms with Crippen molar-refractivity contribution in [2.75, 3.05) is 26.3 Å². The van der Waals surface area contributed by atoms with Gasteiger partial charge in [0, 0.05) is 32.0 Å². The number of rotatable bonds is 6. The monoisotopic (exact) mass is 370 g/mol. The van der Waals surface area contributed by atoms with Crippen molar-refractivity contribution in [3.8, 4) is 11.5 Å². The first-order chi connectivity index (χ1) is 13.3. The van der Waals surface area contributed by atoms with Gasteiger partial charge in [-0.1, -0.05) is 12.1 Å². The summed E-state index contributed by atoms with van der Waals surface area (Å²) in [6.45, 7) is 5.04. The highest BCUT2D eigenvalue weighted by molar-refractivity contribution is 5.78. The molecule has 27 heavy (non-hydrogen) atoms. The van der Waals surface area contributed by atoms with E-state index in [-0.39, 0.29) is 12.5 Å². The molecule has 1 fully saturated rings. The Bertz CT molecular complexity index is 796. The number of carbonyl (C=O) groups excluding carboxylic acids is 1. The van der Waals surface area contributed by atoms with Crippen LogP contribution in [-0.4, -0.2) is 51.9 Å². The predicted molar refractivity (Wildman–Crippen MR) is 100 cm³/mol. The number of amides is 1. The lowest BCUT2D eigenvalue weighted by molar-refractivity contribution is -0.134. The number of fused-ring (bicyclic) bond motifs is 1. The Morgan fingerprint density at radius 2 is 1.85 bits per heavy atom. The topological polar surface area (TPSA) is 69.5 Å². The molecule has 0 spiro atoms. The van der Waals surface area contributed by atoms with Crippen LogP contribution in [0.25, 0.3) is 0 Å². The number of ether oxygens (including phenoxy) is 2. The molecule has 0 radical (unpaired) electrons. The molecule has 0 atom stereocenters. The second-order valence-corrected chi connectivity index (χ2v) is 7.05. The Balaban J connectivity index is 1.30. The van der Waals surface area contributed by atoms with Crippen LogP contribution in [0.3, 0.4) is 0 Å². The van der Waals surface area contributed by atoms with E-state index in [4.69, 9.17) is 9.47 Å². The molecule has 2 aromatic rings. The molecule has 1 amide bonds. The van der Waals surface area contributed by atoms with E-state index in [1.807, 2.05) is 36.1 Å². The van der Waals surface area contributed by atoms with Gasteiger partial charge in [0.05, 0.1) is 6.61 Å². The van der Waals surface area contributed by atoms with Crippen molar-refractivity contribution >= 4 is 5.91 Å². The molecule has 1 aromatic carbocycles. The number of aromatic nitrogens is 3. The van der Waals surface area contributed by atoms with Gasteiger partial charge in [-0.2, -0.15) is 0 Å². The smallest absolute Gasteiger partial charge is 0.260 e. The molecule has 0 N–H and O–H groups in total. The van der Waals surface area contributed by atoms with Crippen molar-refractivity contribution in [2.24, 2.45) is 0 Å². The summed E-state index contributed by atoms with van der Waals surface area (Å²) in [5, 5.41) is 8.72. The Morgan fingerprint density at radius 3 is 2.59 bits per heavy atom. The molecule has 2 aliphatic heterocycles. The second kappa shape index (κ2) is 7.98. The minimum atomic E-state index is 0.0197. The lowest BCUT2D eigenvalue weighted by Gasteiger charge is -2.31. The van der Waals surface area contributed by atoms with Crippen molar-refractivity contribution in [3.05, 3.63) is 35.9 Å². The number of para-hydroxylation sites is 2. The maximum Gasteiger partial charge on any atom is 0.260 e.